The monoisotopic (exact) mass is 414 g/mol. The molecule has 1 saturated carbocycles. The number of allylic oxidation sites excluding steroid dienone is 2. The van der Waals surface area contributed by atoms with Crippen molar-refractivity contribution in [2.75, 3.05) is 14.2 Å². The molecule has 0 aromatic heterocycles. The van der Waals surface area contributed by atoms with Crippen LogP contribution in [0.1, 0.15) is 18.4 Å². The van der Waals surface area contributed by atoms with Gasteiger partial charge in [-0.1, -0.05) is 60.7 Å². The van der Waals surface area contributed by atoms with E-state index in [9.17, 15) is 0 Å². The molecule has 3 aromatic carbocycles. The second-order valence-corrected chi connectivity index (χ2v) is 10.5. The highest BCUT2D eigenvalue weighted by Crippen LogP contribution is 2.60. The van der Waals surface area contributed by atoms with Crippen LogP contribution in [-0.2, 0) is 0 Å². The minimum atomic E-state index is -0.483. The molecule has 3 atom stereocenters. The highest BCUT2D eigenvalue weighted by Gasteiger charge is 2.47. The normalized spacial score (nSPS) is 22.2. The molecule has 2 bridgehead atoms. The Morgan fingerprint density at radius 1 is 0.700 bits per heavy atom. The van der Waals surface area contributed by atoms with Gasteiger partial charge in [-0.25, -0.2) is 0 Å². The zero-order valence-electron chi connectivity index (χ0n) is 17.5. The molecule has 30 heavy (non-hydrogen) atoms. The highest BCUT2D eigenvalue weighted by molar-refractivity contribution is 7.73. The fourth-order valence-electron chi connectivity index (χ4n) is 5.18. The quantitative estimate of drug-likeness (QED) is 0.487. The SMILES string of the molecule is COc1ccc(P(c2ccc(OC)cc2)[C@H]2[C@H]3C=C(c4ccccc4)[C@@H]2CC3)cc1. The molecule has 0 spiro atoms. The molecular weight excluding hydrogens is 387 g/mol. The highest BCUT2D eigenvalue weighted by atomic mass is 31.1. The van der Waals surface area contributed by atoms with Crippen molar-refractivity contribution in [3.8, 4) is 11.5 Å². The van der Waals surface area contributed by atoms with E-state index in [1.165, 1.54) is 29.0 Å². The van der Waals surface area contributed by atoms with Crippen molar-refractivity contribution in [1.82, 2.24) is 0 Å². The average Bonchev–Trinajstić information content (AvgIpc) is 3.39. The minimum Gasteiger partial charge on any atom is -0.497 e. The number of ether oxygens (including phenoxy) is 2. The molecule has 5 rings (SSSR count). The minimum absolute atomic E-state index is 0.483. The van der Waals surface area contributed by atoms with E-state index in [2.05, 4.69) is 84.9 Å². The van der Waals surface area contributed by atoms with Crippen LogP contribution in [0.25, 0.3) is 5.57 Å². The summed E-state index contributed by atoms with van der Waals surface area (Å²) >= 11 is 0. The maximum absolute atomic E-state index is 5.42. The van der Waals surface area contributed by atoms with E-state index in [0.717, 1.165) is 11.5 Å². The molecule has 3 heteroatoms. The van der Waals surface area contributed by atoms with Crippen molar-refractivity contribution in [3.05, 3.63) is 90.5 Å². The first-order valence-corrected chi connectivity index (χ1v) is 12.0. The van der Waals surface area contributed by atoms with E-state index in [1.807, 2.05) is 0 Å². The Labute approximate surface area is 180 Å². The molecule has 3 aromatic rings. The van der Waals surface area contributed by atoms with Crippen molar-refractivity contribution < 1.29 is 9.47 Å². The molecule has 152 valence electrons. The lowest BCUT2D eigenvalue weighted by Crippen LogP contribution is -2.26. The Morgan fingerprint density at radius 2 is 1.27 bits per heavy atom. The van der Waals surface area contributed by atoms with E-state index in [1.54, 1.807) is 19.8 Å². The molecule has 0 aliphatic heterocycles. The van der Waals surface area contributed by atoms with E-state index in [4.69, 9.17) is 9.47 Å². The summed E-state index contributed by atoms with van der Waals surface area (Å²) in [6.45, 7) is 0. The van der Waals surface area contributed by atoms with Gasteiger partial charge in [0.25, 0.3) is 0 Å². The first-order chi connectivity index (χ1) is 14.8. The van der Waals surface area contributed by atoms with Crippen LogP contribution in [0.4, 0.5) is 0 Å². The van der Waals surface area contributed by atoms with Gasteiger partial charge in [-0.3, -0.25) is 0 Å². The fraction of sp³-hybridized carbons (Fsp3) is 0.259. The molecule has 0 saturated heterocycles. The van der Waals surface area contributed by atoms with E-state index in [0.29, 0.717) is 17.5 Å². The number of benzene rings is 3. The Bertz CT molecular complexity index is 977. The first-order valence-electron chi connectivity index (χ1n) is 10.6. The third-order valence-electron chi connectivity index (χ3n) is 6.56. The largest absolute Gasteiger partial charge is 0.497 e. The van der Waals surface area contributed by atoms with E-state index in [-0.39, 0.29) is 0 Å². The molecule has 2 nitrogen and oxygen atoms in total. The predicted octanol–water partition coefficient (Wildman–Crippen LogP) is 5.63. The van der Waals surface area contributed by atoms with Crippen LogP contribution in [0.5, 0.6) is 11.5 Å². The molecule has 0 unspecified atom stereocenters. The Morgan fingerprint density at radius 3 is 1.80 bits per heavy atom. The van der Waals surface area contributed by atoms with Gasteiger partial charge in [-0.15, -0.1) is 0 Å². The van der Waals surface area contributed by atoms with Gasteiger partial charge < -0.3 is 9.47 Å². The molecule has 1 fully saturated rings. The van der Waals surface area contributed by atoms with Crippen LogP contribution in [-0.4, -0.2) is 19.9 Å². The molecule has 0 heterocycles. The summed E-state index contributed by atoms with van der Waals surface area (Å²) in [5, 5.41) is 2.86. The maximum Gasteiger partial charge on any atom is 0.118 e. The van der Waals surface area contributed by atoms with Gasteiger partial charge in [0.2, 0.25) is 0 Å². The third-order valence-corrected chi connectivity index (χ3v) is 9.61. The number of rotatable bonds is 6. The van der Waals surface area contributed by atoms with Crippen LogP contribution < -0.4 is 20.1 Å². The molecule has 0 N–H and O–H groups in total. The lowest BCUT2D eigenvalue weighted by atomic mass is 9.92. The Balaban J connectivity index is 1.55. The molecule has 2 aliphatic carbocycles. The van der Waals surface area contributed by atoms with Crippen LogP contribution in [0.15, 0.2) is 84.9 Å². The van der Waals surface area contributed by atoms with Crippen LogP contribution in [0.2, 0.25) is 0 Å². The summed E-state index contributed by atoms with van der Waals surface area (Å²) in [7, 11) is 2.98. The lowest BCUT2D eigenvalue weighted by Gasteiger charge is -2.30. The van der Waals surface area contributed by atoms with Gasteiger partial charge in [0.05, 0.1) is 14.2 Å². The van der Waals surface area contributed by atoms with E-state index < -0.39 is 7.92 Å². The Hall–Kier alpha value is -2.57. The van der Waals surface area contributed by atoms with Gasteiger partial charge in [0.15, 0.2) is 0 Å². The summed E-state index contributed by atoms with van der Waals surface area (Å²) < 4.78 is 10.8. The lowest BCUT2D eigenvalue weighted by molar-refractivity contribution is 0.415. The summed E-state index contributed by atoms with van der Waals surface area (Å²) in [6.07, 6.45) is 5.18. The number of hydrogen-bond donors (Lipinski definition) is 0. The van der Waals surface area contributed by atoms with Crippen molar-refractivity contribution in [2.24, 2.45) is 11.8 Å². The van der Waals surface area contributed by atoms with Crippen molar-refractivity contribution in [3.63, 3.8) is 0 Å². The number of fused-ring (bicyclic) bond motifs is 2. The fourth-order valence-corrected chi connectivity index (χ4v) is 8.39. The Kier molecular flexibility index (Phi) is 5.35. The summed E-state index contributed by atoms with van der Waals surface area (Å²) in [5.74, 6) is 3.12. The van der Waals surface area contributed by atoms with Crippen molar-refractivity contribution >= 4 is 24.1 Å². The standard InChI is InChI=1S/C27H27O2P/c1-28-21-9-13-23(14-10-21)30(24-15-11-22(29-2)12-16-24)27-20-8-17-25(27)26(18-20)19-6-4-3-5-7-19/h3-7,9-16,18,20,25,27H,8,17H2,1-2H3/t20-,25+,27+/m1/s1. The average molecular weight is 414 g/mol. The first kappa shape index (κ1) is 19.4. The van der Waals surface area contributed by atoms with Gasteiger partial charge in [0, 0.05) is 5.66 Å². The molecule has 0 radical (unpaired) electrons. The van der Waals surface area contributed by atoms with Crippen LogP contribution in [0.3, 0.4) is 0 Å². The van der Waals surface area contributed by atoms with Gasteiger partial charge in [0.1, 0.15) is 11.5 Å². The third kappa shape index (κ3) is 3.44. The van der Waals surface area contributed by atoms with Crippen LogP contribution >= 0.6 is 7.92 Å². The predicted molar refractivity (Wildman–Crippen MR) is 127 cm³/mol. The number of hydrogen-bond acceptors (Lipinski definition) is 2. The maximum atomic E-state index is 5.42. The van der Waals surface area contributed by atoms with Gasteiger partial charge >= 0.3 is 0 Å². The second-order valence-electron chi connectivity index (χ2n) is 8.09. The molecule has 2 aliphatic rings. The van der Waals surface area contributed by atoms with E-state index >= 15 is 0 Å². The zero-order valence-corrected chi connectivity index (χ0v) is 18.4. The van der Waals surface area contributed by atoms with Gasteiger partial charge in [-0.2, -0.15) is 0 Å². The smallest absolute Gasteiger partial charge is 0.118 e. The van der Waals surface area contributed by atoms with Crippen molar-refractivity contribution in [2.45, 2.75) is 18.5 Å². The van der Waals surface area contributed by atoms with Crippen LogP contribution in [0, 0.1) is 11.8 Å². The zero-order chi connectivity index (χ0) is 20.5. The summed E-state index contributed by atoms with van der Waals surface area (Å²) in [6, 6.07) is 28.5. The second kappa shape index (κ2) is 8.28. The summed E-state index contributed by atoms with van der Waals surface area (Å²) in [5.41, 5.74) is 3.61. The number of methoxy groups -OCH3 is 2. The molecule has 0 amide bonds. The molecular formula is C27H27O2P. The van der Waals surface area contributed by atoms with Crippen molar-refractivity contribution in [1.29, 1.82) is 0 Å². The topological polar surface area (TPSA) is 18.5 Å². The summed E-state index contributed by atoms with van der Waals surface area (Å²) in [4.78, 5) is 0. The van der Waals surface area contributed by atoms with Gasteiger partial charge in [-0.05, 0) is 78.6 Å².